The minimum absolute atomic E-state index is 0.0628. The number of carbonyl (C=O) groups excluding carboxylic acids is 1. The molecule has 4 nitrogen and oxygen atoms in total. The maximum atomic E-state index is 11.5. The molecule has 17 heavy (non-hydrogen) atoms. The van der Waals surface area contributed by atoms with Crippen LogP contribution in [-0.4, -0.2) is 28.5 Å². The van der Waals surface area contributed by atoms with Crippen LogP contribution in [0, 0.1) is 6.92 Å². The van der Waals surface area contributed by atoms with Gasteiger partial charge in [0.25, 0.3) is 0 Å². The van der Waals surface area contributed by atoms with Crippen LogP contribution >= 0.6 is 27.7 Å². The summed E-state index contributed by atoms with van der Waals surface area (Å²) in [4.78, 5) is 21.8. The van der Waals surface area contributed by atoms with Crippen molar-refractivity contribution < 1.29 is 14.7 Å². The number of rotatable bonds is 5. The molecule has 1 aromatic carbocycles. The molecule has 92 valence electrons. The van der Waals surface area contributed by atoms with Crippen molar-refractivity contribution in [2.75, 3.05) is 16.8 Å². The van der Waals surface area contributed by atoms with E-state index in [0.717, 1.165) is 27.5 Å². The van der Waals surface area contributed by atoms with Crippen LogP contribution in [0.3, 0.4) is 0 Å². The lowest BCUT2D eigenvalue weighted by Crippen LogP contribution is -2.16. The van der Waals surface area contributed by atoms with Crippen molar-refractivity contribution in [3.8, 4) is 0 Å². The number of amides is 1. The zero-order chi connectivity index (χ0) is 12.8. The molecule has 1 aromatic rings. The summed E-state index contributed by atoms with van der Waals surface area (Å²) in [6.07, 6.45) is 0. The first-order chi connectivity index (χ1) is 7.99. The summed E-state index contributed by atoms with van der Waals surface area (Å²) in [5, 5.41) is 11.2. The third-order valence-corrected chi connectivity index (χ3v) is 3.33. The average Bonchev–Trinajstić information content (AvgIpc) is 2.21. The number of nitrogens with one attached hydrogen (secondary N) is 1. The summed E-state index contributed by atoms with van der Waals surface area (Å²) < 4.78 is 0.952. The fourth-order valence-electron chi connectivity index (χ4n) is 1.18. The van der Waals surface area contributed by atoms with Crippen LogP contribution in [-0.2, 0) is 9.59 Å². The standard InChI is InChI=1S/C11H12BrNO3S/c1-7-4-8(12)2-3-9(7)13-10(14)5-17-6-11(15)16/h2-4H,5-6H2,1H3,(H,13,14)(H,15,16). The van der Waals surface area contributed by atoms with Crippen LogP contribution in [0.1, 0.15) is 5.56 Å². The molecule has 0 aliphatic carbocycles. The van der Waals surface area contributed by atoms with Gasteiger partial charge in [-0.25, -0.2) is 0 Å². The van der Waals surface area contributed by atoms with Gasteiger partial charge in [0.05, 0.1) is 11.5 Å². The summed E-state index contributed by atoms with van der Waals surface area (Å²) in [6.45, 7) is 1.89. The lowest BCUT2D eigenvalue weighted by molar-refractivity contribution is -0.133. The van der Waals surface area contributed by atoms with E-state index >= 15 is 0 Å². The van der Waals surface area contributed by atoms with Crippen LogP contribution in [0.4, 0.5) is 5.69 Å². The minimum atomic E-state index is -0.914. The van der Waals surface area contributed by atoms with E-state index in [9.17, 15) is 9.59 Å². The molecule has 0 atom stereocenters. The van der Waals surface area contributed by atoms with Crippen LogP contribution < -0.4 is 5.32 Å². The maximum absolute atomic E-state index is 11.5. The largest absolute Gasteiger partial charge is 0.481 e. The van der Waals surface area contributed by atoms with Gasteiger partial charge in [0.2, 0.25) is 5.91 Å². The topological polar surface area (TPSA) is 66.4 Å². The van der Waals surface area contributed by atoms with Crippen LogP contribution in [0.5, 0.6) is 0 Å². The fourth-order valence-corrected chi connectivity index (χ4v) is 2.19. The Morgan fingerprint density at radius 3 is 2.71 bits per heavy atom. The Bertz CT molecular complexity index is 437. The van der Waals surface area contributed by atoms with E-state index in [-0.39, 0.29) is 17.4 Å². The van der Waals surface area contributed by atoms with Crippen LogP contribution in [0.25, 0.3) is 0 Å². The molecule has 2 N–H and O–H groups in total. The molecule has 0 unspecified atom stereocenters. The quantitative estimate of drug-likeness (QED) is 0.875. The first-order valence-electron chi connectivity index (χ1n) is 4.84. The molecule has 0 spiro atoms. The van der Waals surface area contributed by atoms with Crippen molar-refractivity contribution in [2.45, 2.75) is 6.92 Å². The second-order valence-corrected chi connectivity index (χ2v) is 5.30. The molecule has 0 fully saturated rings. The third-order valence-electron chi connectivity index (χ3n) is 1.92. The Balaban J connectivity index is 2.48. The second-order valence-electron chi connectivity index (χ2n) is 3.39. The van der Waals surface area contributed by atoms with E-state index in [2.05, 4.69) is 21.2 Å². The van der Waals surface area contributed by atoms with Crippen LogP contribution in [0.15, 0.2) is 22.7 Å². The summed E-state index contributed by atoms with van der Waals surface area (Å²) in [6, 6.07) is 5.55. The Kier molecular flexibility index (Phi) is 5.50. The highest BCUT2D eigenvalue weighted by Crippen LogP contribution is 2.20. The fraction of sp³-hybridized carbons (Fsp3) is 0.273. The predicted molar refractivity (Wildman–Crippen MR) is 72.5 cm³/mol. The van der Waals surface area contributed by atoms with Crippen molar-refractivity contribution in [3.05, 3.63) is 28.2 Å². The minimum Gasteiger partial charge on any atom is -0.481 e. The Hall–Kier alpha value is -1.01. The average molecular weight is 318 g/mol. The van der Waals surface area contributed by atoms with Gasteiger partial charge in [0.15, 0.2) is 0 Å². The molecule has 1 rings (SSSR count). The van der Waals surface area contributed by atoms with Gasteiger partial charge in [-0.15, -0.1) is 11.8 Å². The highest BCUT2D eigenvalue weighted by Gasteiger charge is 2.06. The first-order valence-corrected chi connectivity index (χ1v) is 6.79. The third kappa shape index (κ3) is 5.23. The summed E-state index contributed by atoms with van der Waals surface area (Å²) in [5.74, 6) is -1.03. The van der Waals surface area contributed by atoms with E-state index < -0.39 is 5.97 Å². The molecule has 1 amide bonds. The highest BCUT2D eigenvalue weighted by atomic mass is 79.9. The molecule has 0 heterocycles. The molecular formula is C11H12BrNO3S. The number of hydrogen-bond acceptors (Lipinski definition) is 3. The number of hydrogen-bond donors (Lipinski definition) is 2. The number of benzene rings is 1. The number of aliphatic carboxylic acids is 1. The van der Waals surface area contributed by atoms with Gasteiger partial charge < -0.3 is 10.4 Å². The number of carbonyl (C=O) groups is 2. The Labute approximate surface area is 112 Å². The number of carboxylic acids is 1. The van der Waals surface area contributed by atoms with Crippen molar-refractivity contribution in [1.29, 1.82) is 0 Å². The van der Waals surface area contributed by atoms with E-state index in [1.54, 1.807) is 6.07 Å². The van der Waals surface area contributed by atoms with Gasteiger partial charge in [-0.3, -0.25) is 9.59 Å². The number of carboxylic acid groups (broad SMARTS) is 1. The summed E-state index contributed by atoms with van der Waals surface area (Å²) >= 11 is 4.42. The molecule has 0 saturated carbocycles. The van der Waals surface area contributed by atoms with Gasteiger partial charge in [0.1, 0.15) is 0 Å². The van der Waals surface area contributed by atoms with Crippen LogP contribution in [0.2, 0.25) is 0 Å². The predicted octanol–water partition coefficient (Wildman–Crippen LogP) is 2.51. The molecular weight excluding hydrogens is 306 g/mol. The Morgan fingerprint density at radius 1 is 1.41 bits per heavy atom. The molecule has 0 radical (unpaired) electrons. The van der Waals surface area contributed by atoms with Gasteiger partial charge in [0, 0.05) is 10.2 Å². The van der Waals surface area contributed by atoms with Crippen molar-refractivity contribution in [1.82, 2.24) is 0 Å². The van der Waals surface area contributed by atoms with Crippen molar-refractivity contribution >= 4 is 45.3 Å². The molecule has 0 aromatic heterocycles. The number of thioether (sulfide) groups is 1. The molecule has 6 heteroatoms. The highest BCUT2D eigenvalue weighted by molar-refractivity contribution is 9.10. The zero-order valence-electron chi connectivity index (χ0n) is 9.20. The second kappa shape index (κ2) is 6.66. The molecule has 0 saturated heterocycles. The number of anilines is 1. The van der Waals surface area contributed by atoms with Gasteiger partial charge >= 0.3 is 5.97 Å². The lowest BCUT2D eigenvalue weighted by Gasteiger charge is -2.08. The number of aryl methyl sites for hydroxylation is 1. The maximum Gasteiger partial charge on any atom is 0.313 e. The zero-order valence-corrected chi connectivity index (χ0v) is 11.6. The Morgan fingerprint density at radius 2 is 2.12 bits per heavy atom. The SMILES string of the molecule is Cc1cc(Br)ccc1NC(=O)CSCC(=O)O. The van der Waals surface area contributed by atoms with E-state index in [0.29, 0.717) is 0 Å². The van der Waals surface area contributed by atoms with Crippen molar-refractivity contribution in [2.24, 2.45) is 0 Å². The van der Waals surface area contributed by atoms with E-state index in [4.69, 9.17) is 5.11 Å². The normalized spacial score (nSPS) is 10.0. The van der Waals surface area contributed by atoms with Gasteiger partial charge in [-0.1, -0.05) is 15.9 Å². The lowest BCUT2D eigenvalue weighted by atomic mass is 10.2. The first kappa shape index (κ1) is 14.1. The van der Waals surface area contributed by atoms with Gasteiger partial charge in [-0.05, 0) is 30.7 Å². The molecule has 0 bridgehead atoms. The summed E-state index contributed by atoms with van der Waals surface area (Å²) in [7, 11) is 0. The van der Waals surface area contributed by atoms with E-state index in [1.807, 2.05) is 19.1 Å². The monoisotopic (exact) mass is 317 g/mol. The molecule has 0 aliphatic heterocycles. The summed E-state index contributed by atoms with van der Waals surface area (Å²) in [5.41, 5.74) is 1.70. The number of halogens is 1. The van der Waals surface area contributed by atoms with Gasteiger partial charge in [-0.2, -0.15) is 0 Å². The van der Waals surface area contributed by atoms with E-state index in [1.165, 1.54) is 0 Å². The van der Waals surface area contributed by atoms with Crippen molar-refractivity contribution in [3.63, 3.8) is 0 Å². The molecule has 0 aliphatic rings. The smallest absolute Gasteiger partial charge is 0.313 e.